The van der Waals surface area contributed by atoms with E-state index >= 15 is 0 Å². The molecule has 1 aliphatic heterocycles. The lowest BCUT2D eigenvalue weighted by Gasteiger charge is -2.22. The Balaban J connectivity index is 0.00000280. The molecule has 3 rings (SSSR count). The number of benzene rings is 1. The number of hydrogen-bond donors (Lipinski definition) is 2. The van der Waals surface area contributed by atoms with Crippen molar-refractivity contribution < 1.29 is 14.1 Å². The van der Waals surface area contributed by atoms with E-state index < -0.39 is 10.7 Å². The highest BCUT2D eigenvalue weighted by Gasteiger charge is 2.15. The average molecular weight is 413 g/mol. The molecule has 9 nitrogen and oxygen atoms in total. The van der Waals surface area contributed by atoms with Crippen molar-refractivity contribution >= 4 is 35.1 Å². The molecule has 2 heterocycles. The lowest BCUT2D eigenvalue weighted by molar-refractivity contribution is -0.384. The molecule has 1 aliphatic rings. The molecule has 0 bridgehead atoms. The van der Waals surface area contributed by atoms with Gasteiger partial charge in [0.25, 0.3) is 5.69 Å². The van der Waals surface area contributed by atoms with Crippen molar-refractivity contribution in [1.82, 2.24) is 15.2 Å². The van der Waals surface area contributed by atoms with Crippen molar-refractivity contribution in [3.05, 3.63) is 38.9 Å². The third-order valence-corrected chi connectivity index (χ3v) is 4.92. The van der Waals surface area contributed by atoms with E-state index in [0.717, 1.165) is 19.5 Å². The fourth-order valence-corrected chi connectivity index (χ4v) is 3.45. The van der Waals surface area contributed by atoms with Gasteiger partial charge < -0.3 is 15.1 Å². The molecule has 0 saturated carbocycles. The van der Waals surface area contributed by atoms with Gasteiger partial charge in [0.2, 0.25) is 5.91 Å². The van der Waals surface area contributed by atoms with Crippen LogP contribution >= 0.6 is 12.4 Å². The van der Waals surface area contributed by atoms with Gasteiger partial charge in [0.05, 0.1) is 16.5 Å². The number of aromatic nitrogens is 1. The molecular formula is C18H25ClN4O5. The predicted molar refractivity (Wildman–Crippen MR) is 107 cm³/mol. The normalized spacial score (nSPS) is 16.5. The largest absolute Gasteiger partial charge is 0.419 e. The maximum Gasteiger partial charge on any atom is 0.419 e. The van der Waals surface area contributed by atoms with Crippen LogP contribution in [0.1, 0.15) is 32.1 Å². The zero-order chi connectivity index (χ0) is 19.2. The lowest BCUT2D eigenvalue weighted by atomic mass is 9.96. The van der Waals surface area contributed by atoms with Crippen LogP contribution in [0.5, 0.6) is 0 Å². The molecule has 1 atom stereocenters. The molecule has 1 saturated heterocycles. The number of aryl methyl sites for hydroxylation is 1. The van der Waals surface area contributed by atoms with Gasteiger partial charge in [-0.25, -0.2) is 4.79 Å². The summed E-state index contributed by atoms with van der Waals surface area (Å²) in [5.41, 5.74) is 0.548. The van der Waals surface area contributed by atoms with E-state index in [-0.39, 0.29) is 29.6 Å². The fraction of sp³-hybridized carbons (Fsp3) is 0.556. The van der Waals surface area contributed by atoms with E-state index in [4.69, 9.17) is 4.42 Å². The van der Waals surface area contributed by atoms with Gasteiger partial charge in [0, 0.05) is 25.6 Å². The number of piperidine rings is 1. The molecule has 1 aromatic carbocycles. The summed E-state index contributed by atoms with van der Waals surface area (Å²) in [6.07, 6.45) is 4.17. The molecule has 1 aromatic heterocycles. The monoisotopic (exact) mass is 412 g/mol. The van der Waals surface area contributed by atoms with Crippen LogP contribution in [0, 0.1) is 16.0 Å². The maximum absolute atomic E-state index is 12.0. The Hall–Kier alpha value is -2.39. The van der Waals surface area contributed by atoms with Gasteiger partial charge in [-0.3, -0.25) is 19.5 Å². The van der Waals surface area contributed by atoms with Crippen molar-refractivity contribution in [2.75, 3.05) is 19.6 Å². The number of fused-ring (bicyclic) bond motifs is 1. The first-order valence-electron chi connectivity index (χ1n) is 9.30. The van der Waals surface area contributed by atoms with Crippen molar-refractivity contribution in [2.24, 2.45) is 5.92 Å². The highest BCUT2D eigenvalue weighted by molar-refractivity contribution is 5.85. The van der Waals surface area contributed by atoms with Crippen LogP contribution in [-0.2, 0) is 11.3 Å². The number of rotatable bonds is 8. The lowest BCUT2D eigenvalue weighted by Crippen LogP contribution is -2.33. The number of carbonyl (C=O) groups excluding carboxylic acids is 1. The maximum atomic E-state index is 12.0. The van der Waals surface area contributed by atoms with E-state index in [2.05, 4.69) is 10.6 Å². The van der Waals surface area contributed by atoms with Gasteiger partial charge in [-0.1, -0.05) is 0 Å². The van der Waals surface area contributed by atoms with Gasteiger partial charge in [0.1, 0.15) is 0 Å². The van der Waals surface area contributed by atoms with E-state index in [1.807, 2.05) is 0 Å². The van der Waals surface area contributed by atoms with Crippen LogP contribution in [0.15, 0.2) is 27.4 Å². The molecule has 0 aliphatic carbocycles. The fourth-order valence-electron chi connectivity index (χ4n) is 3.45. The summed E-state index contributed by atoms with van der Waals surface area (Å²) in [6, 6.07) is 4.07. The predicted octanol–water partition coefficient (Wildman–Crippen LogP) is 2.21. The van der Waals surface area contributed by atoms with E-state index in [9.17, 15) is 19.7 Å². The Morgan fingerprint density at radius 1 is 1.43 bits per heavy atom. The summed E-state index contributed by atoms with van der Waals surface area (Å²) in [6.45, 7) is 3.09. The first-order chi connectivity index (χ1) is 13.0. The standard InChI is InChI=1S/C18H24N4O5.ClH/c23-17(20-9-7-13-3-1-8-19-12-13)4-2-10-21-15-6-5-14(22(25)26)11-16(15)27-18(21)24;/h5-6,11,13,19H,1-4,7-10,12H2,(H,20,23);1H. The number of nitro benzene ring substituents is 1. The number of oxazole rings is 1. The molecule has 2 N–H and O–H groups in total. The first-order valence-corrected chi connectivity index (χ1v) is 9.30. The quantitative estimate of drug-likeness (QED) is 0.506. The van der Waals surface area contributed by atoms with Gasteiger partial charge in [-0.05, 0) is 50.8 Å². The second-order valence-corrected chi connectivity index (χ2v) is 6.88. The number of hydrogen-bond acceptors (Lipinski definition) is 6. The minimum absolute atomic E-state index is 0. The van der Waals surface area contributed by atoms with Gasteiger partial charge in [-0.2, -0.15) is 0 Å². The molecule has 1 fully saturated rings. The van der Waals surface area contributed by atoms with Crippen molar-refractivity contribution in [3.63, 3.8) is 0 Å². The molecule has 2 aromatic rings. The molecule has 10 heteroatoms. The van der Waals surface area contributed by atoms with E-state index in [1.54, 1.807) is 0 Å². The molecule has 0 spiro atoms. The number of halogens is 1. The van der Waals surface area contributed by atoms with Crippen molar-refractivity contribution in [2.45, 2.75) is 38.6 Å². The van der Waals surface area contributed by atoms with Gasteiger partial charge in [0.15, 0.2) is 5.58 Å². The van der Waals surface area contributed by atoms with Crippen LogP contribution in [0.25, 0.3) is 11.1 Å². The second-order valence-electron chi connectivity index (χ2n) is 6.88. The zero-order valence-electron chi connectivity index (χ0n) is 15.5. The Bertz CT molecular complexity index is 872. The summed E-state index contributed by atoms with van der Waals surface area (Å²) >= 11 is 0. The van der Waals surface area contributed by atoms with E-state index in [1.165, 1.54) is 35.6 Å². The number of amides is 1. The highest BCUT2D eigenvalue weighted by atomic mass is 35.5. The van der Waals surface area contributed by atoms with E-state index in [0.29, 0.717) is 37.4 Å². The zero-order valence-corrected chi connectivity index (χ0v) is 16.3. The van der Waals surface area contributed by atoms with Crippen molar-refractivity contribution in [1.29, 1.82) is 0 Å². The third kappa shape index (κ3) is 5.56. The van der Waals surface area contributed by atoms with Gasteiger partial charge in [-0.15, -0.1) is 12.4 Å². The first kappa shape index (κ1) is 21.9. The summed E-state index contributed by atoms with van der Waals surface area (Å²) in [5.74, 6) is 0.0185. The highest BCUT2D eigenvalue weighted by Crippen LogP contribution is 2.20. The number of non-ortho nitro benzene ring substituents is 1. The second kappa shape index (κ2) is 10.2. The number of nitro groups is 1. The minimum Gasteiger partial charge on any atom is -0.407 e. The molecule has 0 radical (unpaired) electrons. The van der Waals surface area contributed by atoms with Crippen molar-refractivity contribution in [3.8, 4) is 0 Å². The average Bonchev–Trinajstić information content (AvgIpc) is 2.97. The summed E-state index contributed by atoms with van der Waals surface area (Å²) in [7, 11) is 0. The molecular weight excluding hydrogens is 388 g/mol. The Morgan fingerprint density at radius 2 is 2.25 bits per heavy atom. The molecule has 1 amide bonds. The van der Waals surface area contributed by atoms with Crippen LogP contribution < -0.4 is 16.4 Å². The minimum atomic E-state index is -0.573. The number of nitrogens with zero attached hydrogens (tertiary/aromatic N) is 2. The van der Waals surface area contributed by atoms with Gasteiger partial charge >= 0.3 is 5.76 Å². The SMILES string of the molecule is Cl.O=C(CCCn1c(=O)oc2cc([N+](=O)[O-])ccc21)NCCC1CCCNC1. The van der Waals surface area contributed by atoms with Crippen LogP contribution in [0.3, 0.4) is 0 Å². The van der Waals surface area contributed by atoms with Crippen LogP contribution in [0.4, 0.5) is 5.69 Å². The molecule has 28 heavy (non-hydrogen) atoms. The number of carbonyl (C=O) groups is 1. The summed E-state index contributed by atoms with van der Waals surface area (Å²) in [5, 5.41) is 17.1. The Labute approximate surface area is 168 Å². The van der Waals surface area contributed by atoms with Crippen LogP contribution in [-0.4, -0.2) is 35.0 Å². The summed E-state index contributed by atoms with van der Waals surface area (Å²) < 4.78 is 6.48. The third-order valence-electron chi connectivity index (χ3n) is 4.92. The Kier molecular flexibility index (Phi) is 8.01. The summed E-state index contributed by atoms with van der Waals surface area (Å²) in [4.78, 5) is 34.2. The smallest absolute Gasteiger partial charge is 0.407 e. The number of nitrogens with one attached hydrogen (secondary N) is 2. The Morgan fingerprint density at radius 3 is 2.96 bits per heavy atom. The topological polar surface area (TPSA) is 119 Å². The van der Waals surface area contributed by atoms with Crippen LogP contribution in [0.2, 0.25) is 0 Å². The molecule has 1 unspecified atom stereocenters. The molecule has 154 valence electrons.